The van der Waals surface area contributed by atoms with Crippen LogP contribution in [0.4, 0.5) is 13.9 Å². The monoisotopic (exact) mass is 411 g/mol. The fourth-order valence-corrected chi connectivity index (χ4v) is 4.74. The number of allylic oxidation sites excluding steroid dienone is 1. The summed E-state index contributed by atoms with van der Waals surface area (Å²) in [5, 5.41) is 7.10. The van der Waals surface area contributed by atoms with Crippen LogP contribution < -0.4 is 15.6 Å². The number of halogens is 2. The Morgan fingerprint density at radius 2 is 1.97 bits per heavy atom. The molecule has 2 aliphatic rings. The summed E-state index contributed by atoms with van der Waals surface area (Å²) in [5.74, 6) is -1.30. The first-order valence-electron chi connectivity index (χ1n) is 9.29. The number of aromatic nitrogens is 1. The summed E-state index contributed by atoms with van der Waals surface area (Å²) in [6.07, 6.45) is 3.01. The lowest BCUT2D eigenvalue weighted by Gasteiger charge is -2.30. The maximum atomic E-state index is 13.9. The Bertz CT molecular complexity index is 1130. The number of guanidine groups is 1. The first kappa shape index (κ1) is 17.9. The minimum Gasteiger partial charge on any atom is -0.299 e. The van der Waals surface area contributed by atoms with Gasteiger partial charge in [-0.15, -0.1) is 0 Å². The standard InChI is InChI=1S/C21H16F2N4OS/c22-12-8-11(9-13(23)10-12)19-18-15(5-3-6-16(18)28)24-20(26-19)27-21-25-14-4-1-2-7-17(14)29-21/h1-2,4-5,7-10,18-19H,3,6H2,(H2,24,25,26,27)/p+1/t18-,19-/m1/s1. The number of carbonyl (C=O) groups is 1. The number of anilines is 1. The summed E-state index contributed by atoms with van der Waals surface area (Å²) in [4.78, 5) is 20.4. The Kier molecular flexibility index (Phi) is 4.35. The van der Waals surface area contributed by atoms with Crippen LogP contribution in [-0.2, 0) is 4.79 Å². The van der Waals surface area contributed by atoms with Crippen LogP contribution in [-0.4, -0.2) is 16.7 Å². The van der Waals surface area contributed by atoms with Gasteiger partial charge in [0.2, 0.25) is 0 Å². The normalized spacial score (nSPS) is 21.2. The van der Waals surface area contributed by atoms with E-state index in [-0.39, 0.29) is 5.78 Å². The van der Waals surface area contributed by atoms with E-state index in [1.165, 1.54) is 23.5 Å². The van der Waals surface area contributed by atoms with Crippen molar-refractivity contribution in [3.8, 4) is 0 Å². The molecule has 0 fully saturated rings. The van der Waals surface area contributed by atoms with Crippen molar-refractivity contribution >= 4 is 38.4 Å². The molecule has 1 aliphatic carbocycles. The van der Waals surface area contributed by atoms with E-state index in [0.29, 0.717) is 29.5 Å². The number of nitrogens with one attached hydrogen (secondary N) is 3. The van der Waals surface area contributed by atoms with Crippen LogP contribution in [0.3, 0.4) is 0 Å². The zero-order valence-corrected chi connectivity index (χ0v) is 16.0. The van der Waals surface area contributed by atoms with E-state index in [9.17, 15) is 13.6 Å². The second-order valence-electron chi connectivity index (χ2n) is 7.08. The summed E-state index contributed by atoms with van der Waals surface area (Å²) in [7, 11) is 0. The highest BCUT2D eigenvalue weighted by atomic mass is 32.1. The molecule has 1 aliphatic heterocycles. The van der Waals surface area contributed by atoms with Crippen molar-refractivity contribution in [1.82, 2.24) is 10.3 Å². The van der Waals surface area contributed by atoms with Gasteiger partial charge < -0.3 is 0 Å². The number of benzene rings is 2. The largest absolute Gasteiger partial charge is 0.355 e. The number of Topliss-reactive ketones (excluding diaryl/α,β-unsaturated/α-hetero) is 1. The molecule has 0 radical (unpaired) electrons. The molecular formula is C21H17F2N4OS+. The van der Waals surface area contributed by atoms with Crippen molar-refractivity contribution in [1.29, 1.82) is 0 Å². The topological polar surface area (TPSA) is 68.0 Å². The number of thiazole rings is 1. The average Bonchev–Trinajstić information content (AvgIpc) is 3.09. The molecule has 0 saturated heterocycles. The van der Waals surface area contributed by atoms with Gasteiger partial charge in [-0.3, -0.25) is 9.79 Å². The average molecular weight is 411 g/mol. The van der Waals surface area contributed by atoms with E-state index in [2.05, 4.69) is 20.6 Å². The molecule has 8 heteroatoms. The smallest absolute Gasteiger partial charge is 0.299 e. The van der Waals surface area contributed by atoms with Gasteiger partial charge in [-0.1, -0.05) is 23.5 Å². The van der Waals surface area contributed by atoms with Crippen molar-refractivity contribution in [3.63, 3.8) is 0 Å². The Labute approximate surface area is 169 Å². The predicted molar refractivity (Wildman–Crippen MR) is 107 cm³/mol. The summed E-state index contributed by atoms with van der Waals surface area (Å²) in [6.45, 7) is 0. The molecule has 2 aromatic carbocycles. The van der Waals surface area contributed by atoms with Crippen LogP contribution in [0.15, 0.2) is 54.2 Å². The molecule has 5 nitrogen and oxygen atoms in total. The fourth-order valence-electron chi connectivity index (χ4n) is 3.87. The summed E-state index contributed by atoms with van der Waals surface area (Å²) >= 11 is 1.49. The number of ketones is 1. The van der Waals surface area contributed by atoms with Gasteiger partial charge in [0.1, 0.15) is 29.4 Å². The Morgan fingerprint density at radius 1 is 1.17 bits per heavy atom. The van der Waals surface area contributed by atoms with Gasteiger partial charge in [-0.25, -0.2) is 24.4 Å². The van der Waals surface area contributed by atoms with Gasteiger partial charge in [0.25, 0.3) is 5.13 Å². The third-order valence-electron chi connectivity index (χ3n) is 5.11. The summed E-state index contributed by atoms with van der Waals surface area (Å²) in [5.41, 5.74) is 2.00. The maximum Gasteiger partial charge on any atom is 0.355 e. The number of rotatable bonds is 2. The molecule has 2 atom stereocenters. The first-order chi connectivity index (χ1) is 14.1. The molecule has 0 amide bonds. The van der Waals surface area contributed by atoms with Crippen molar-refractivity contribution in [2.75, 3.05) is 5.32 Å². The number of fused-ring (bicyclic) bond motifs is 2. The molecule has 146 valence electrons. The Morgan fingerprint density at radius 3 is 2.76 bits per heavy atom. The van der Waals surface area contributed by atoms with Crippen LogP contribution in [0.25, 0.3) is 10.2 Å². The lowest BCUT2D eigenvalue weighted by atomic mass is 9.81. The van der Waals surface area contributed by atoms with Gasteiger partial charge >= 0.3 is 5.96 Å². The highest BCUT2D eigenvalue weighted by Gasteiger charge is 2.41. The quantitative estimate of drug-likeness (QED) is 0.607. The lowest BCUT2D eigenvalue weighted by Crippen LogP contribution is -2.84. The van der Waals surface area contributed by atoms with Crippen LogP contribution in [0, 0.1) is 17.6 Å². The second-order valence-corrected chi connectivity index (χ2v) is 8.11. The Hall–Kier alpha value is -3.13. The predicted octanol–water partition coefficient (Wildman–Crippen LogP) is 2.63. The SMILES string of the molecule is O=C1CCC=C2NC(Nc3nc4ccccc4s3)=[NH+][C@H](c3cc(F)cc(F)c3)[C@@H]12. The molecule has 0 unspecified atom stereocenters. The van der Waals surface area contributed by atoms with Crippen LogP contribution in [0.5, 0.6) is 0 Å². The molecule has 2 heterocycles. The number of carbonyl (C=O) groups excluding carboxylic acids is 1. The lowest BCUT2D eigenvalue weighted by molar-refractivity contribution is -0.522. The second kappa shape index (κ2) is 7.04. The molecule has 0 saturated carbocycles. The van der Waals surface area contributed by atoms with Gasteiger partial charge in [0.05, 0.1) is 15.9 Å². The Balaban J connectivity index is 1.55. The zero-order chi connectivity index (χ0) is 20.0. The zero-order valence-electron chi connectivity index (χ0n) is 15.2. The van der Waals surface area contributed by atoms with Crippen LogP contribution >= 0.6 is 11.3 Å². The highest BCUT2D eigenvalue weighted by molar-refractivity contribution is 7.22. The fraction of sp³-hybridized carbons (Fsp3) is 0.190. The molecule has 1 aromatic heterocycles. The van der Waals surface area contributed by atoms with Crippen molar-refractivity contribution in [3.05, 3.63) is 71.4 Å². The molecule has 3 aromatic rings. The molecule has 5 rings (SSSR count). The van der Waals surface area contributed by atoms with Crippen molar-refractivity contribution in [2.24, 2.45) is 5.92 Å². The minimum absolute atomic E-state index is 0.0382. The third-order valence-corrected chi connectivity index (χ3v) is 6.06. The summed E-state index contributed by atoms with van der Waals surface area (Å²) < 4.78 is 28.7. The van der Waals surface area contributed by atoms with Crippen LogP contribution in [0.2, 0.25) is 0 Å². The third kappa shape index (κ3) is 3.40. The van der Waals surface area contributed by atoms with E-state index in [4.69, 9.17) is 0 Å². The highest BCUT2D eigenvalue weighted by Crippen LogP contribution is 2.32. The van der Waals surface area contributed by atoms with Gasteiger partial charge in [0, 0.05) is 12.5 Å². The van der Waals surface area contributed by atoms with Crippen LogP contribution in [0.1, 0.15) is 24.4 Å². The number of nitrogens with zero attached hydrogens (tertiary/aromatic N) is 1. The van der Waals surface area contributed by atoms with E-state index in [1.807, 2.05) is 30.3 Å². The van der Waals surface area contributed by atoms with E-state index in [1.54, 1.807) is 0 Å². The molecular weight excluding hydrogens is 394 g/mol. The summed E-state index contributed by atoms with van der Waals surface area (Å²) in [6, 6.07) is 10.6. The molecule has 0 spiro atoms. The number of hydrogen-bond acceptors (Lipinski definition) is 5. The number of para-hydroxylation sites is 1. The van der Waals surface area contributed by atoms with Crippen molar-refractivity contribution in [2.45, 2.75) is 18.9 Å². The maximum absolute atomic E-state index is 13.9. The van der Waals surface area contributed by atoms with E-state index < -0.39 is 23.6 Å². The molecule has 29 heavy (non-hydrogen) atoms. The van der Waals surface area contributed by atoms with Gasteiger partial charge in [-0.05, 0) is 42.3 Å². The number of hydrogen-bond donors (Lipinski definition) is 3. The van der Waals surface area contributed by atoms with E-state index >= 15 is 0 Å². The van der Waals surface area contributed by atoms with E-state index in [0.717, 1.165) is 22.0 Å². The first-order valence-corrected chi connectivity index (χ1v) is 10.1. The van der Waals surface area contributed by atoms with Gasteiger partial charge in [-0.2, -0.15) is 0 Å². The van der Waals surface area contributed by atoms with Crippen molar-refractivity contribution < 1.29 is 18.6 Å². The van der Waals surface area contributed by atoms with Gasteiger partial charge in [0.15, 0.2) is 0 Å². The molecule has 0 bridgehead atoms. The minimum atomic E-state index is -0.671. The molecule has 3 N–H and O–H groups in total.